The third kappa shape index (κ3) is 5.72. The van der Waals surface area contributed by atoms with Gasteiger partial charge in [0.15, 0.2) is 5.84 Å². The average Bonchev–Trinajstić information content (AvgIpc) is 3.94. The van der Waals surface area contributed by atoms with Gasteiger partial charge < -0.3 is 19.4 Å². The highest BCUT2D eigenvalue weighted by atomic mass is 15.1. The number of nitrogens with two attached hydrogens (primary N) is 1. The van der Waals surface area contributed by atoms with Crippen LogP contribution in [0.4, 0.5) is 0 Å². The molecule has 2 N–H and O–H groups in total. The summed E-state index contributed by atoms with van der Waals surface area (Å²) in [6.45, 7) is 0.489. The topological polar surface area (TPSA) is 65.5 Å². The molecule has 59 heavy (non-hydrogen) atoms. The van der Waals surface area contributed by atoms with Crippen LogP contribution in [0.2, 0.25) is 0 Å². The van der Waals surface area contributed by atoms with Gasteiger partial charge in [-0.05, 0) is 78.4 Å². The Hall–Kier alpha value is -7.96. The number of benzene rings is 8. The molecule has 0 saturated carbocycles. The van der Waals surface area contributed by atoms with Gasteiger partial charge in [-0.15, -0.1) is 0 Å². The van der Waals surface area contributed by atoms with E-state index >= 15 is 0 Å². The number of para-hydroxylation sites is 4. The SMILES string of the molecule is NC(=NC(=NCc1ccccc1)c1ccc(-n2c3ccccc3c3c4c(ccc32)n(-c2ccccc2)c2c3ccccc3n(-c3ccccc3)c42)cc1)c1ccccc1. The summed E-state index contributed by atoms with van der Waals surface area (Å²) in [5, 5.41) is 4.83. The van der Waals surface area contributed by atoms with Crippen LogP contribution in [0.3, 0.4) is 0 Å². The first-order chi connectivity index (χ1) is 29.2. The fraction of sp³-hybridized carbons (Fsp3) is 0.0189. The van der Waals surface area contributed by atoms with E-state index < -0.39 is 0 Å². The van der Waals surface area contributed by atoms with Gasteiger partial charge in [0.05, 0.1) is 39.6 Å². The molecule has 3 heterocycles. The molecule has 11 rings (SSSR count). The molecule has 0 amide bonds. The van der Waals surface area contributed by atoms with Gasteiger partial charge in [-0.1, -0.05) is 133 Å². The maximum absolute atomic E-state index is 6.59. The van der Waals surface area contributed by atoms with E-state index in [0.29, 0.717) is 18.2 Å². The van der Waals surface area contributed by atoms with Gasteiger partial charge >= 0.3 is 0 Å². The van der Waals surface area contributed by atoms with Crippen molar-refractivity contribution in [3.8, 4) is 17.1 Å². The molecule has 0 radical (unpaired) electrons. The molecule has 280 valence electrons. The molecule has 0 unspecified atom stereocenters. The highest BCUT2D eigenvalue weighted by Crippen LogP contribution is 2.46. The number of fused-ring (bicyclic) bond motifs is 9. The summed E-state index contributed by atoms with van der Waals surface area (Å²) in [6.07, 6.45) is 0. The summed E-state index contributed by atoms with van der Waals surface area (Å²) in [6, 6.07) is 72.3. The summed E-state index contributed by atoms with van der Waals surface area (Å²) >= 11 is 0. The first kappa shape index (κ1) is 34.3. The molecule has 8 aromatic carbocycles. The summed E-state index contributed by atoms with van der Waals surface area (Å²) in [5.41, 5.74) is 19.7. The zero-order valence-electron chi connectivity index (χ0n) is 32.2. The van der Waals surface area contributed by atoms with E-state index in [9.17, 15) is 0 Å². The van der Waals surface area contributed by atoms with Gasteiger partial charge in [-0.2, -0.15) is 0 Å². The average molecular weight is 759 g/mol. The van der Waals surface area contributed by atoms with Gasteiger partial charge in [0.2, 0.25) is 0 Å². The molecular weight excluding hydrogens is 721 g/mol. The minimum Gasteiger partial charge on any atom is -0.383 e. The Bertz CT molecular complexity index is 3340. The van der Waals surface area contributed by atoms with E-state index in [1.54, 1.807) is 0 Å². The molecule has 11 aromatic rings. The second-order valence-electron chi connectivity index (χ2n) is 14.8. The number of aromatic nitrogens is 3. The molecule has 0 saturated heterocycles. The van der Waals surface area contributed by atoms with Crippen LogP contribution in [0.25, 0.3) is 71.7 Å². The first-order valence-corrected chi connectivity index (χ1v) is 19.9. The van der Waals surface area contributed by atoms with E-state index in [2.05, 4.69) is 171 Å². The summed E-state index contributed by atoms with van der Waals surface area (Å²) in [4.78, 5) is 9.90. The Morgan fingerprint density at radius 2 is 0.881 bits per heavy atom. The van der Waals surface area contributed by atoms with Gasteiger partial charge in [0.25, 0.3) is 0 Å². The lowest BCUT2D eigenvalue weighted by molar-refractivity contribution is 1.06. The van der Waals surface area contributed by atoms with E-state index in [1.165, 1.54) is 38.1 Å². The zero-order valence-corrected chi connectivity index (χ0v) is 32.2. The maximum atomic E-state index is 6.59. The van der Waals surface area contributed by atoms with Gasteiger partial charge in [-0.3, -0.25) is 4.99 Å². The number of aliphatic imine (C=N–C) groups is 2. The van der Waals surface area contributed by atoms with E-state index in [4.69, 9.17) is 15.7 Å². The molecular formula is C53H38N6. The normalized spacial score (nSPS) is 12.4. The predicted octanol–water partition coefficient (Wildman–Crippen LogP) is 12.2. The van der Waals surface area contributed by atoms with E-state index in [0.717, 1.165) is 50.3 Å². The van der Waals surface area contributed by atoms with Crippen LogP contribution in [0, 0.1) is 0 Å². The lowest BCUT2D eigenvalue weighted by Crippen LogP contribution is -2.16. The second kappa shape index (κ2) is 14.2. The predicted molar refractivity (Wildman–Crippen MR) is 246 cm³/mol. The van der Waals surface area contributed by atoms with Crippen LogP contribution < -0.4 is 5.73 Å². The number of rotatable bonds is 7. The van der Waals surface area contributed by atoms with Gasteiger partial charge in [-0.25, -0.2) is 4.99 Å². The van der Waals surface area contributed by atoms with E-state index in [1.807, 2.05) is 48.5 Å². The van der Waals surface area contributed by atoms with Crippen molar-refractivity contribution in [3.05, 3.63) is 223 Å². The summed E-state index contributed by atoms with van der Waals surface area (Å²) in [7, 11) is 0. The molecule has 0 fully saturated rings. The molecule has 3 aromatic heterocycles. The van der Waals surface area contributed by atoms with Gasteiger partial charge in [0.1, 0.15) is 5.84 Å². The Kier molecular flexibility index (Phi) is 8.26. The van der Waals surface area contributed by atoms with Crippen LogP contribution in [0.15, 0.2) is 216 Å². The Balaban J connectivity index is 1.15. The summed E-state index contributed by atoms with van der Waals surface area (Å²) < 4.78 is 7.28. The van der Waals surface area contributed by atoms with Crippen molar-refractivity contribution in [2.24, 2.45) is 15.7 Å². The third-order valence-electron chi connectivity index (χ3n) is 11.3. The van der Waals surface area contributed by atoms with Crippen molar-refractivity contribution in [1.29, 1.82) is 0 Å². The number of hydrogen-bond acceptors (Lipinski definition) is 1. The van der Waals surface area contributed by atoms with Crippen molar-refractivity contribution in [3.63, 3.8) is 0 Å². The van der Waals surface area contributed by atoms with Crippen molar-refractivity contribution >= 4 is 66.3 Å². The third-order valence-corrected chi connectivity index (χ3v) is 11.3. The molecule has 6 nitrogen and oxygen atoms in total. The molecule has 0 aliphatic carbocycles. The van der Waals surface area contributed by atoms with Crippen molar-refractivity contribution in [2.75, 3.05) is 0 Å². The largest absolute Gasteiger partial charge is 0.383 e. The maximum Gasteiger partial charge on any atom is 0.157 e. The van der Waals surface area contributed by atoms with Crippen LogP contribution in [0.5, 0.6) is 0 Å². The lowest BCUT2D eigenvalue weighted by Gasteiger charge is -2.11. The monoisotopic (exact) mass is 758 g/mol. The van der Waals surface area contributed by atoms with Crippen LogP contribution in [0.1, 0.15) is 16.7 Å². The Labute approximate surface area is 341 Å². The molecule has 0 aliphatic heterocycles. The van der Waals surface area contributed by atoms with Crippen LogP contribution in [-0.2, 0) is 6.54 Å². The van der Waals surface area contributed by atoms with Crippen molar-refractivity contribution < 1.29 is 0 Å². The standard InChI is InChI=1S/C53H38N6/c54-52(37-19-7-2-8-20-37)56-53(55-35-36-17-5-1-6-18-36)38-29-31-41(32-30-38)57-44-27-15-13-25-42(44)48-46(57)33-34-47-49(48)51-50(59(47)40-23-11-4-12-24-40)43-26-14-16-28-45(43)58(51)39-21-9-3-10-22-39/h1-34H,35H2,(H2,54,55,56). The highest BCUT2D eigenvalue weighted by Gasteiger charge is 2.26. The highest BCUT2D eigenvalue weighted by molar-refractivity contribution is 6.31. The molecule has 0 spiro atoms. The first-order valence-electron chi connectivity index (χ1n) is 19.9. The zero-order chi connectivity index (χ0) is 39.3. The fourth-order valence-corrected chi connectivity index (χ4v) is 8.73. The van der Waals surface area contributed by atoms with E-state index in [-0.39, 0.29) is 0 Å². The van der Waals surface area contributed by atoms with Gasteiger partial charge in [0, 0.05) is 49.7 Å². The minimum atomic E-state index is 0.426. The molecule has 6 heteroatoms. The molecule has 0 bridgehead atoms. The molecule has 0 aliphatic rings. The fourth-order valence-electron chi connectivity index (χ4n) is 8.73. The Morgan fingerprint density at radius 1 is 0.390 bits per heavy atom. The lowest BCUT2D eigenvalue weighted by atomic mass is 10.1. The Morgan fingerprint density at radius 3 is 1.53 bits per heavy atom. The number of nitrogens with zero attached hydrogens (tertiary/aromatic N) is 5. The summed E-state index contributed by atoms with van der Waals surface area (Å²) in [5.74, 6) is 1.01. The van der Waals surface area contributed by atoms with Crippen molar-refractivity contribution in [1.82, 2.24) is 13.7 Å². The smallest absolute Gasteiger partial charge is 0.157 e. The van der Waals surface area contributed by atoms with Crippen LogP contribution in [-0.4, -0.2) is 25.4 Å². The number of amidine groups is 2. The quantitative estimate of drug-likeness (QED) is 0.128. The van der Waals surface area contributed by atoms with Crippen LogP contribution >= 0.6 is 0 Å². The van der Waals surface area contributed by atoms with Crippen molar-refractivity contribution in [2.45, 2.75) is 6.54 Å². The number of hydrogen-bond donors (Lipinski definition) is 1. The molecule has 0 atom stereocenters. The minimum absolute atomic E-state index is 0.426. The second-order valence-corrected chi connectivity index (χ2v) is 14.8.